The van der Waals surface area contributed by atoms with Crippen LogP contribution >= 0.6 is 0 Å². The summed E-state index contributed by atoms with van der Waals surface area (Å²) in [5, 5.41) is 0. The molecule has 0 bridgehead atoms. The van der Waals surface area contributed by atoms with Crippen molar-refractivity contribution < 1.29 is 4.39 Å². The summed E-state index contributed by atoms with van der Waals surface area (Å²) in [4.78, 5) is 0. The lowest BCUT2D eigenvalue weighted by molar-refractivity contribution is 0.370. The zero-order valence-electron chi connectivity index (χ0n) is 9.17. The molecule has 1 nitrogen and oxygen atoms in total. The Hall–Kier alpha value is -0.890. The molecule has 1 aliphatic rings. The summed E-state index contributed by atoms with van der Waals surface area (Å²) in [6.45, 7) is 2.15. The number of rotatable bonds is 2. The van der Waals surface area contributed by atoms with Crippen molar-refractivity contribution in [2.75, 3.05) is 0 Å². The van der Waals surface area contributed by atoms with Gasteiger partial charge < -0.3 is 5.73 Å². The topological polar surface area (TPSA) is 26.0 Å². The van der Waals surface area contributed by atoms with Gasteiger partial charge in [-0.1, -0.05) is 31.9 Å². The predicted octanol–water partition coefficient (Wildman–Crippen LogP) is 3.20. The van der Waals surface area contributed by atoms with Gasteiger partial charge in [-0.15, -0.1) is 0 Å². The molecule has 1 aliphatic carbocycles. The summed E-state index contributed by atoms with van der Waals surface area (Å²) in [6, 6.07) is 6.74. The van der Waals surface area contributed by atoms with E-state index in [4.69, 9.17) is 5.73 Å². The normalized spacial score (nSPS) is 21.5. The van der Waals surface area contributed by atoms with E-state index in [0.717, 1.165) is 18.4 Å². The van der Waals surface area contributed by atoms with E-state index in [1.54, 1.807) is 0 Å². The molecule has 0 amide bonds. The largest absolute Gasteiger partial charge is 0.325 e. The maximum atomic E-state index is 12.8. The second-order valence-electron chi connectivity index (χ2n) is 4.71. The predicted molar refractivity (Wildman–Crippen MR) is 60.2 cm³/mol. The highest BCUT2D eigenvalue weighted by molar-refractivity contribution is 5.24. The minimum absolute atomic E-state index is 0.0716. The van der Waals surface area contributed by atoms with Gasteiger partial charge in [0.05, 0.1) is 0 Å². The Kier molecular flexibility index (Phi) is 2.79. The van der Waals surface area contributed by atoms with E-state index in [1.807, 2.05) is 12.1 Å². The fraction of sp³-hybridized carbons (Fsp3) is 0.538. The Morgan fingerprint density at radius 1 is 1.20 bits per heavy atom. The Balaban J connectivity index is 2.19. The van der Waals surface area contributed by atoms with Crippen LogP contribution in [0.1, 0.15) is 44.1 Å². The van der Waals surface area contributed by atoms with Crippen molar-refractivity contribution >= 4 is 0 Å². The summed E-state index contributed by atoms with van der Waals surface area (Å²) in [5.41, 5.74) is 7.46. The molecule has 2 rings (SSSR count). The van der Waals surface area contributed by atoms with Crippen LogP contribution in [0.4, 0.5) is 4.39 Å². The van der Waals surface area contributed by atoms with Crippen LogP contribution in [0.15, 0.2) is 24.3 Å². The lowest BCUT2D eigenvalue weighted by atomic mass is 9.80. The van der Waals surface area contributed by atoms with Crippen molar-refractivity contribution in [1.82, 2.24) is 0 Å². The van der Waals surface area contributed by atoms with Crippen LogP contribution in [0.2, 0.25) is 0 Å². The molecule has 1 aromatic carbocycles. The molecule has 0 spiro atoms. The van der Waals surface area contributed by atoms with Crippen LogP contribution in [0.3, 0.4) is 0 Å². The second-order valence-corrected chi connectivity index (χ2v) is 4.71. The van der Waals surface area contributed by atoms with Gasteiger partial charge in [-0.25, -0.2) is 4.39 Å². The average molecular weight is 207 g/mol. The standard InChI is InChI=1S/C13H18FN/c1-10(13(15)8-2-3-9-13)11-4-6-12(14)7-5-11/h4-7,10H,2-3,8-9,15H2,1H3. The molecule has 82 valence electrons. The van der Waals surface area contributed by atoms with Crippen LogP contribution in [-0.4, -0.2) is 5.54 Å². The molecule has 15 heavy (non-hydrogen) atoms. The van der Waals surface area contributed by atoms with E-state index in [-0.39, 0.29) is 11.4 Å². The fourth-order valence-electron chi connectivity index (χ4n) is 2.55. The van der Waals surface area contributed by atoms with E-state index in [0.29, 0.717) is 5.92 Å². The molecule has 0 heterocycles. The maximum absolute atomic E-state index is 12.8. The molecule has 1 aromatic rings. The molecule has 2 heteroatoms. The highest BCUT2D eigenvalue weighted by Gasteiger charge is 2.35. The van der Waals surface area contributed by atoms with E-state index in [9.17, 15) is 4.39 Å². The molecule has 1 saturated carbocycles. The Morgan fingerprint density at radius 3 is 2.27 bits per heavy atom. The number of nitrogens with two attached hydrogens (primary N) is 1. The van der Waals surface area contributed by atoms with E-state index in [2.05, 4.69) is 6.92 Å². The fourth-order valence-corrected chi connectivity index (χ4v) is 2.55. The molecule has 2 N–H and O–H groups in total. The number of benzene rings is 1. The average Bonchev–Trinajstić information content (AvgIpc) is 2.67. The summed E-state index contributed by atoms with van der Waals surface area (Å²) in [6.07, 6.45) is 4.63. The van der Waals surface area contributed by atoms with Gasteiger partial charge in [-0.2, -0.15) is 0 Å². The van der Waals surface area contributed by atoms with Gasteiger partial charge in [-0.05, 0) is 36.5 Å². The zero-order valence-corrected chi connectivity index (χ0v) is 9.17. The molecule has 1 fully saturated rings. The zero-order chi connectivity index (χ0) is 10.9. The number of hydrogen-bond acceptors (Lipinski definition) is 1. The van der Waals surface area contributed by atoms with Gasteiger partial charge in [0.15, 0.2) is 0 Å². The summed E-state index contributed by atoms with van der Waals surface area (Å²) in [5.74, 6) is 0.143. The molecular weight excluding hydrogens is 189 g/mol. The van der Waals surface area contributed by atoms with Crippen LogP contribution in [-0.2, 0) is 0 Å². The summed E-state index contributed by atoms with van der Waals surface area (Å²) in [7, 11) is 0. The summed E-state index contributed by atoms with van der Waals surface area (Å²) < 4.78 is 12.8. The molecule has 0 saturated heterocycles. The first-order valence-corrected chi connectivity index (χ1v) is 5.66. The monoisotopic (exact) mass is 207 g/mol. The van der Waals surface area contributed by atoms with Crippen molar-refractivity contribution in [2.45, 2.75) is 44.1 Å². The first-order chi connectivity index (χ1) is 7.12. The highest BCUT2D eigenvalue weighted by atomic mass is 19.1. The van der Waals surface area contributed by atoms with Crippen molar-refractivity contribution in [3.63, 3.8) is 0 Å². The Morgan fingerprint density at radius 2 is 1.73 bits per heavy atom. The van der Waals surface area contributed by atoms with Crippen LogP contribution < -0.4 is 5.73 Å². The SMILES string of the molecule is CC(c1ccc(F)cc1)C1(N)CCCC1. The quantitative estimate of drug-likeness (QED) is 0.791. The number of hydrogen-bond donors (Lipinski definition) is 1. The Bertz CT molecular complexity index is 325. The van der Waals surface area contributed by atoms with Gasteiger partial charge in [-0.3, -0.25) is 0 Å². The lowest BCUT2D eigenvalue weighted by Crippen LogP contribution is -2.41. The molecule has 0 aromatic heterocycles. The van der Waals surface area contributed by atoms with Crippen molar-refractivity contribution in [3.05, 3.63) is 35.6 Å². The van der Waals surface area contributed by atoms with Crippen LogP contribution in [0, 0.1) is 5.82 Å². The van der Waals surface area contributed by atoms with E-state index >= 15 is 0 Å². The van der Waals surface area contributed by atoms with Crippen LogP contribution in [0.5, 0.6) is 0 Å². The van der Waals surface area contributed by atoms with Gasteiger partial charge >= 0.3 is 0 Å². The molecular formula is C13H18FN. The molecule has 0 radical (unpaired) electrons. The third-order valence-corrected chi connectivity index (χ3v) is 3.77. The van der Waals surface area contributed by atoms with Gasteiger partial charge in [0, 0.05) is 5.54 Å². The van der Waals surface area contributed by atoms with Crippen molar-refractivity contribution in [2.24, 2.45) is 5.73 Å². The second kappa shape index (κ2) is 3.93. The van der Waals surface area contributed by atoms with E-state index < -0.39 is 0 Å². The van der Waals surface area contributed by atoms with Crippen molar-refractivity contribution in [3.8, 4) is 0 Å². The minimum atomic E-state index is -0.177. The third-order valence-electron chi connectivity index (χ3n) is 3.77. The van der Waals surface area contributed by atoms with Gasteiger partial charge in [0.2, 0.25) is 0 Å². The van der Waals surface area contributed by atoms with Crippen LogP contribution in [0.25, 0.3) is 0 Å². The smallest absolute Gasteiger partial charge is 0.123 e. The third kappa shape index (κ3) is 2.05. The van der Waals surface area contributed by atoms with Gasteiger partial charge in [0.1, 0.15) is 5.82 Å². The lowest BCUT2D eigenvalue weighted by Gasteiger charge is -2.31. The highest BCUT2D eigenvalue weighted by Crippen LogP contribution is 2.38. The first kappa shape index (κ1) is 10.6. The van der Waals surface area contributed by atoms with E-state index in [1.165, 1.54) is 25.0 Å². The van der Waals surface area contributed by atoms with Gasteiger partial charge in [0.25, 0.3) is 0 Å². The minimum Gasteiger partial charge on any atom is -0.325 e. The first-order valence-electron chi connectivity index (χ1n) is 5.66. The van der Waals surface area contributed by atoms with Crippen molar-refractivity contribution in [1.29, 1.82) is 0 Å². The molecule has 1 unspecified atom stereocenters. The summed E-state index contributed by atoms with van der Waals surface area (Å²) >= 11 is 0. The Labute approximate surface area is 90.5 Å². The molecule has 1 atom stereocenters. The molecule has 0 aliphatic heterocycles. The maximum Gasteiger partial charge on any atom is 0.123 e. The number of halogens is 1.